The Balaban J connectivity index is 1.76. The van der Waals surface area contributed by atoms with Gasteiger partial charge in [-0.3, -0.25) is 24.3 Å². The second-order valence-electron chi connectivity index (χ2n) is 4.77. The Bertz CT molecular complexity index is 943. The van der Waals surface area contributed by atoms with Gasteiger partial charge in [-0.1, -0.05) is 23.1 Å². The maximum absolute atomic E-state index is 12.0. The zero-order chi connectivity index (χ0) is 16.6. The minimum Gasteiger partial charge on any atom is -0.300 e. The van der Waals surface area contributed by atoms with Crippen LogP contribution in [-0.4, -0.2) is 41.4 Å². The number of nitrogens with one attached hydrogen (secondary N) is 2. The second kappa shape index (κ2) is 6.08. The molecule has 0 bridgehead atoms. The molecule has 0 radical (unpaired) electrons. The third-order valence-corrected chi connectivity index (χ3v) is 4.87. The fourth-order valence-electron chi connectivity index (χ4n) is 1.91. The van der Waals surface area contributed by atoms with Crippen molar-refractivity contribution in [3.63, 3.8) is 0 Å². The fourth-order valence-corrected chi connectivity index (χ4v) is 3.30. The molecule has 1 amide bonds. The maximum atomic E-state index is 12.0. The van der Waals surface area contributed by atoms with Crippen LogP contribution < -0.4 is 10.9 Å². The number of aromatic nitrogens is 6. The van der Waals surface area contributed by atoms with E-state index < -0.39 is 0 Å². The first-order valence-corrected chi connectivity index (χ1v) is 8.43. The number of hydrogen-bond acceptors (Lipinski definition) is 8. The minimum atomic E-state index is -0.207. The van der Waals surface area contributed by atoms with E-state index in [-0.39, 0.29) is 17.2 Å². The number of thioether (sulfide) groups is 1. The van der Waals surface area contributed by atoms with Gasteiger partial charge in [-0.25, -0.2) is 0 Å². The van der Waals surface area contributed by atoms with E-state index in [0.717, 1.165) is 10.7 Å². The van der Waals surface area contributed by atoms with Gasteiger partial charge >= 0.3 is 0 Å². The van der Waals surface area contributed by atoms with Gasteiger partial charge in [-0.2, -0.15) is 0 Å². The van der Waals surface area contributed by atoms with Crippen LogP contribution in [0.25, 0.3) is 5.78 Å². The maximum Gasteiger partial charge on any atom is 0.255 e. The molecule has 0 saturated heterocycles. The lowest BCUT2D eigenvalue weighted by atomic mass is 10.3. The number of carbonyl (C=O) groups is 1. The number of fused-ring (bicyclic) bond motifs is 1. The lowest BCUT2D eigenvalue weighted by Crippen LogP contribution is -2.16. The molecule has 3 rings (SSSR count). The largest absolute Gasteiger partial charge is 0.300 e. The summed E-state index contributed by atoms with van der Waals surface area (Å²) in [5, 5.41) is 20.1. The molecule has 9 nitrogen and oxygen atoms in total. The highest BCUT2D eigenvalue weighted by molar-refractivity contribution is 7.99. The Labute approximate surface area is 138 Å². The van der Waals surface area contributed by atoms with Gasteiger partial charge in [-0.05, 0) is 20.8 Å². The molecule has 0 saturated carbocycles. The van der Waals surface area contributed by atoms with Crippen molar-refractivity contribution >= 4 is 39.9 Å². The molecule has 0 unspecified atom stereocenters. The highest BCUT2D eigenvalue weighted by Gasteiger charge is 2.14. The molecular weight excluding hydrogens is 338 g/mol. The number of amides is 1. The molecule has 0 aliphatic heterocycles. The van der Waals surface area contributed by atoms with Gasteiger partial charge in [-0.15, -0.1) is 20.4 Å². The van der Waals surface area contributed by atoms with Gasteiger partial charge in [0.1, 0.15) is 5.01 Å². The summed E-state index contributed by atoms with van der Waals surface area (Å²) < 4.78 is 1.73. The summed E-state index contributed by atoms with van der Waals surface area (Å²) in [5.74, 6) is 0.305. The number of rotatable bonds is 4. The van der Waals surface area contributed by atoms with Gasteiger partial charge in [0.15, 0.2) is 5.16 Å². The molecule has 3 aromatic heterocycles. The second-order valence-corrected chi connectivity index (χ2v) is 6.89. The summed E-state index contributed by atoms with van der Waals surface area (Å²) in [7, 11) is 0. The standard InChI is InChI=1S/C12H13N7O2S2/c1-5-6(2)19-10(14-9(5)21)16-18-12(19)22-4-8(20)13-11-17-15-7(3)23-11/h4H2,1-3H3,(H,13,17,20)(H,14,16,21). The van der Waals surface area contributed by atoms with Crippen LogP contribution in [0.2, 0.25) is 0 Å². The molecule has 0 aromatic carbocycles. The number of nitrogens with zero attached hydrogens (tertiary/aromatic N) is 5. The Hall–Kier alpha value is -2.27. The summed E-state index contributed by atoms with van der Waals surface area (Å²) in [6, 6.07) is 0. The molecule has 0 spiro atoms. The van der Waals surface area contributed by atoms with Gasteiger partial charge in [0.25, 0.3) is 5.56 Å². The van der Waals surface area contributed by atoms with E-state index in [2.05, 4.69) is 30.7 Å². The molecule has 120 valence electrons. The molecule has 2 N–H and O–H groups in total. The van der Waals surface area contributed by atoms with Gasteiger partial charge in [0.2, 0.25) is 16.8 Å². The Kier molecular flexibility index (Phi) is 4.13. The van der Waals surface area contributed by atoms with E-state index in [4.69, 9.17) is 0 Å². The molecule has 0 atom stereocenters. The van der Waals surface area contributed by atoms with Crippen molar-refractivity contribution in [2.45, 2.75) is 25.9 Å². The quantitative estimate of drug-likeness (QED) is 0.671. The van der Waals surface area contributed by atoms with E-state index in [1.54, 1.807) is 11.3 Å². The van der Waals surface area contributed by atoms with Crippen LogP contribution >= 0.6 is 23.1 Å². The Morgan fingerprint density at radius 1 is 1.26 bits per heavy atom. The van der Waals surface area contributed by atoms with Crippen molar-refractivity contribution in [3.8, 4) is 0 Å². The van der Waals surface area contributed by atoms with Crippen LogP contribution in [0, 0.1) is 20.8 Å². The van der Waals surface area contributed by atoms with Crippen molar-refractivity contribution < 1.29 is 4.79 Å². The predicted octanol–water partition coefficient (Wildman–Crippen LogP) is 0.925. The first-order valence-electron chi connectivity index (χ1n) is 6.63. The SMILES string of the molecule is Cc1nnc(NC(=O)CSc2nnc3[nH]c(=O)c(C)c(C)n23)s1. The van der Waals surface area contributed by atoms with Crippen molar-refractivity contribution in [3.05, 3.63) is 26.6 Å². The summed E-state index contributed by atoms with van der Waals surface area (Å²) in [6.07, 6.45) is 0. The minimum absolute atomic E-state index is 0.150. The van der Waals surface area contributed by atoms with Crippen LogP contribution in [-0.2, 0) is 4.79 Å². The van der Waals surface area contributed by atoms with Gasteiger partial charge in [0.05, 0.1) is 5.75 Å². The molecule has 23 heavy (non-hydrogen) atoms. The molecule has 0 fully saturated rings. The smallest absolute Gasteiger partial charge is 0.255 e. The van der Waals surface area contributed by atoms with E-state index in [1.165, 1.54) is 23.1 Å². The lowest BCUT2D eigenvalue weighted by Gasteiger charge is -2.05. The number of H-pyrrole nitrogens is 1. The monoisotopic (exact) mass is 351 g/mol. The number of aryl methyl sites for hydroxylation is 2. The van der Waals surface area contributed by atoms with Crippen LogP contribution in [0.5, 0.6) is 0 Å². The normalized spacial score (nSPS) is 11.1. The first-order chi connectivity index (χ1) is 11.0. The van der Waals surface area contributed by atoms with E-state index >= 15 is 0 Å². The molecular formula is C12H13N7O2S2. The number of aromatic amines is 1. The summed E-state index contributed by atoms with van der Waals surface area (Å²) in [4.78, 5) is 26.3. The first kappa shape index (κ1) is 15.6. The highest BCUT2D eigenvalue weighted by Crippen LogP contribution is 2.19. The highest BCUT2D eigenvalue weighted by atomic mass is 32.2. The molecule has 3 heterocycles. The van der Waals surface area contributed by atoms with Gasteiger partial charge < -0.3 is 0 Å². The van der Waals surface area contributed by atoms with Crippen molar-refractivity contribution in [2.75, 3.05) is 11.1 Å². The van der Waals surface area contributed by atoms with Crippen LogP contribution in [0.15, 0.2) is 9.95 Å². The number of carbonyl (C=O) groups excluding carboxylic acids is 1. The van der Waals surface area contributed by atoms with Crippen LogP contribution in [0.3, 0.4) is 0 Å². The average molecular weight is 351 g/mol. The summed E-state index contributed by atoms with van der Waals surface area (Å²) >= 11 is 2.54. The average Bonchev–Trinajstić information content (AvgIpc) is 3.09. The van der Waals surface area contributed by atoms with E-state index in [0.29, 0.717) is 21.6 Å². The fraction of sp³-hybridized carbons (Fsp3) is 0.333. The predicted molar refractivity (Wildman–Crippen MR) is 87.1 cm³/mol. The molecule has 0 aliphatic carbocycles. The summed E-state index contributed by atoms with van der Waals surface area (Å²) in [6.45, 7) is 5.36. The third kappa shape index (κ3) is 3.10. The van der Waals surface area contributed by atoms with Crippen molar-refractivity contribution in [1.29, 1.82) is 0 Å². The van der Waals surface area contributed by atoms with E-state index in [1.807, 2.05) is 13.8 Å². The number of anilines is 1. The van der Waals surface area contributed by atoms with E-state index in [9.17, 15) is 9.59 Å². The molecule has 3 aromatic rings. The Morgan fingerprint density at radius 3 is 2.74 bits per heavy atom. The van der Waals surface area contributed by atoms with Crippen molar-refractivity contribution in [2.24, 2.45) is 0 Å². The zero-order valence-corrected chi connectivity index (χ0v) is 14.2. The molecule has 0 aliphatic rings. The van der Waals surface area contributed by atoms with Crippen LogP contribution in [0.4, 0.5) is 5.13 Å². The van der Waals surface area contributed by atoms with Crippen molar-refractivity contribution in [1.82, 2.24) is 29.8 Å². The third-order valence-electron chi connectivity index (χ3n) is 3.18. The molecule has 11 heteroatoms. The Morgan fingerprint density at radius 2 is 2.04 bits per heavy atom. The van der Waals surface area contributed by atoms with Gasteiger partial charge in [0, 0.05) is 11.3 Å². The zero-order valence-electron chi connectivity index (χ0n) is 12.6. The lowest BCUT2D eigenvalue weighted by molar-refractivity contribution is -0.113. The number of hydrogen-bond donors (Lipinski definition) is 2. The van der Waals surface area contributed by atoms with Crippen LogP contribution in [0.1, 0.15) is 16.3 Å². The topological polar surface area (TPSA) is 118 Å². The summed E-state index contributed by atoms with van der Waals surface area (Å²) in [5.41, 5.74) is 1.15.